The van der Waals surface area contributed by atoms with Crippen molar-refractivity contribution in [3.05, 3.63) is 52.6 Å². The summed E-state index contributed by atoms with van der Waals surface area (Å²) in [5.74, 6) is -1.32. The van der Waals surface area contributed by atoms with Gasteiger partial charge in [-0.1, -0.05) is 17.7 Å². The number of nitrogens with two attached hydrogens (primary N) is 1. The first kappa shape index (κ1) is 18.9. The third-order valence-electron chi connectivity index (χ3n) is 3.52. The molecular formula is C15H16ClFN4O3S. The highest BCUT2D eigenvalue weighted by Crippen LogP contribution is 2.26. The number of halogens is 2. The van der Waals surface area contributed by atoms with Crippen LogP contribution in [0.5, 0.6) is 0 Å². The van der Waals surface area contributed by atoms with Gasteiger partial charge in [0.05, 0.1) is 23.2 Å². The number of carbonyl (C=O) groups is 1. The van der Waals surface area contributed by atoms with Crippen molar-refractivity contribution in [1.29, 1.82) is 0 Å². The van der Waals surface area contributed by atoms with E-state index in [1.165, 1.54) is 37.5 Å². The lowest BCUT2D eigenvalue weighted by Crippen LogP contribution is -2.26. The normalized spacial score (nSPS) is 11.2. The summed E-state index contributed by atoms with van der Waals surface area (Å²) in [6.07, 6.45) is 2.22. The molecule has 0 saturated heterocycles. The monoisotopic (exact) mass is 386 g/mol. The van der Waals surface area contributed by atoms with E-state index in [9.17, 15) is 17.6 Å². The Labute approximate surface area is 149 Å². The van der Waals surface area contributed by atoms with Crippen molar-refractivity contribution in [2.75, 3.05) is 22.9 Å². The van der Waals surface area contributed by atoms with E-state index in [0.29, 0.717) is 0 Å². The Kier molecular flexibility index (Phi) is 5.48. The van der Waals surface area contributed by atoms with Crippen LogP contribution in [0.1, 0.15) is 15.9 Å². The van der Waals surface area contributed by atoms with Crippen LogP contribution in [0.4, 0.5) is 15.8 Å². The standard InChI is InChI=1S/C15H16ClFN4O3S/c1-21(25(2,23)24)13-5-3-4-11(17)9(13)7-19-12-6-14(16)20-8-10(12)15(18)22/h3-6,8H,7H2,1-2H3,(H2,18,22)(H,19,20). The van der Waals surface area contributed by atoms with Crippen molar-refractivity contribution >= 4 is 38.9 Å². The van der Waals surface area contributed by atoms with Crippen LogP contribution in [-0.4, -0.2) is 32.6 Å². The lowest BCUT2D eigenvalue weighted by molar-refractivity contribution is 0.100. The molecule has 0 bridgehead atoms. The number of anilines is 2. The van der Waals surface area contributed by atoms with Crippen molar-refractivity contribution < 1.29 is 17.6 Å². The summed E-state index contributed by atoms with van der Waals surface area (Å²) in [6, 6.07) is 5.48. The topological polar surface area (TPSA) is 105 Å². The fourth-order valence-corrected chi connectivity index (χ4v) is 2.84. The van der Waals surface area contributed by atoms with Gasteiger partial charge in [0.15, 0.2) is 0 Å². The minimum Gasteiger partial charge on any atom is -0.380 e. The smallest absolute Gasteiger partial charge is 0.252 e. The molecule has 0 fully saturated rings. The van der Waals surface area contributed by atoms with Crippen LogP contribution in [0, 0.1) is 5.82 Å². The number of aromatic nitrogens is 1. The second-order valence-corrected chi connectivity index (χ2v) is 7.64. The van der Waals surface area contributed by atoms with Gasteiger partial charge in [0.25, 0.3) is 5.91 Å². The van der Waals surface area contributed by atoms with Crippen molar-refractivity contribution in [3.63, 3.8) is 0 Å². The Morgan fingerprint density at radius 2 is 2.12 bits per heavy atom. The van der Waals surface area contributed by atoms with Gasteiger partial charge in [0, 0.05) is 25.4 Å². The van der Waals surface area contributed by atoms with E-state index in [1.54, 1.807) is 0 Å². The molecule has 3 N–H and O–H groups in total. The minimum absolute atomic E-state index is 0.0822. The highest BCUT2D eigenvalue weighted by atomic mass is 35.5. The number of nitrogens with one attached hydrogen (secondary N) is 1. The zero-order valence-corrected chi connectivity index (χ0v) is 15.0. The van der Waals surface area contributed by atoms with Crippen molar-refractivity contribution in [2.24, 2.45) is 5.73 Å². The van der Waals surface area contributed by atoms with E-state index in [-0.39, 0.29) is 34.2 Å². The molecule has 1 amide bonds. The first-order chi connectivity index (χ1) is 11.6. The third-order valence-corrected chi connectivity index (χ3v) is 4.92. The Morgan fingerprint density at radius 1 is 1.44 bits per heavy atom. The van der Waals surface area contributed by atoms with E-state index >= 15 is 0 Å². The molecule has 1 aromatic carbocycles. The molecule has 0 spiro atoms. The third kappa shape index (κ3) is 4.37. The lowest BCUT2D eigenvalue weighted by Gasteiger charge is -2.21. The van der Waals surface area contributed by atoms with Gasteiger partial charge in [-0.2, -0.15) is 0 Å². The molecule has 2 rings (SSSR count). The molecule has 1 aromatic heterocycles. The van der Waals surface area contributed by atoms with E-state index < -0.39 is 21.7 Å². The van der Waals surface area contributed by atoms with Gasteiger partial charge in [0.1, 0.15) is 11.0 Å². The van der Waals surface area contributed by atoms with Gasteiger partial charge in [-0.25, -0.2) is 17.8 Å². The molecule has 7 nitrogen and oxygen atoms in total. The summed E-state index contributed by atoms with van der Waals surface area (Å²) in [5.41, 5.74) is 5.91. The van der Waals surface area contributed by atoms with Gasteiger partial charge in [-0.05, 0) is 18.2 Å². The summed E-state index contributed by atoms with van der Waals surface area (Å²) in [7, 11) is -2.25. The number of pyridine rings is 1. The SMILES string of the molecule is CN(c1cccc(F)c1CNc1cc(Cl)ncc1C(N)=O)S(C)(=O)=O. The second kappa shape index (κ2) is 7.24. The summed E-state index contributed by atoms with van der Waals surface area (Å²) in [6.45, 7) is -0.0948. The van der Waals surface area contributed by atoms with Gasteiger partial charge < -0.3 is 11.1 Å². The number of amides is 1. The van der Waals surface area contributed by atoms with E-state index in [0.717, 1.165) is 10.6 Å². The van der Waals surface area contributed by atoms with Crippen LogP contribution >= 0.6 is 11.6 Å². The Hall–Kier alpha value is -2.39. The molecule has 0 aliphatic rings. The highest BCUT2D eigenvalue weighted by Gasteiger charge is 2.19. The molecule has 0 aliphatic carbocycles. The number of rotatable bonds is 6. The maximum atomic E-state index is 14.2. The molecule has 2 aromatic rings. The maximum absolute atomic E-state index is 14.2. The van der Waals surface area contributed by atoms with E-state index in [2.05, 4.69) is 10.3 Å². The first-order valence-corrected chi connectivity index (χ1v) is 9.24. The van der Waals surface area contributed by atoms with Crippen LogP contribution in [-0.2, 0) is 16.6 Å². The van der Waals surface area contributed by atoms with E-state index in [4.69, 9.17) is 17.3 Å². The fraction of sp³-hybridized carbons (Fsp3) is 0.200. The Balaban J connectivity index is 2.40. The number of benzene rings is 1. The van der Waals surface area contributed by atoms with Crippen molar-refractivity contribution in [2.45, 2.75) is 6.54 Å². The van der Waals surface area contributed by atoms with Crippen LogP contribution in [0.2, 0.25) is 5.15 Å². The molecule has 0 saturated carbocycles. The molecule has 0 radical (unpaired) electrons. The molecule has 25 heavy (non-hydrogen) atoms. The number of hydrogen-bond acceptors (Lipinski definition) is 5. The zero-order valence-electron chi connectivity index (χ0n) is 13.5. The number of sulfonamides is 1. The molecule has 0 atom stereocenters. The fourth-order valence-electron chi connectivity index (χ4n) is 2.15. The molecule has 134 valence electrons. The maximum Gasteiger partial charge on any atom is 0.252 e. The van der Waals surface area contributed by atoms with Crippen LogP contribution in [0.3, 0.4) is 0 Å². The molecule has 0 unspecified atom stereocenters. The van der Waals surface area contributed by atoms with Crippen LogP contribution in [0.15, 0.2) is 30.5 Å². The number of carbonyl (C=O) groups excluding carboxylic acids is 1. The largest absolute Gasteiger partial charge is 0.380 e. The van der Waals surface area contributed by atoms with Gasteiger partial charge in [-0.3, -0.25) is 9.10 Å². The first-order valence-electron chi connectivity index (χ1n) is 7.01. The van der Waals surface area contributed by atoms with Crippen molar-refractivity contribution in [3.8, 4) is 0 Å². The molecule has 1 heterocycles. The highest BCUT2D eigenvalue weighted by molar-refractivity contribution is 7.92. The van der Waals surface area contributed by atoms with Crippen molar-refractivity contribution in [1.82, 2.24) is 4.98 Å². The van der Waals surface area contributed by atoms with Gasteiger partial charge in [-0.15, -0.1) is 0 Å². The molecular weight excluding hydrogens is 371 g/mol. The Morgan fingerprint density at radius 3 is 2.72 bits per heavy atom. The number of nitrogens with zero attached hydrogens (tertiary/aromatic N) is 2. The average Bonchev–Trinajstić information content (AvgIpc) is 2.51. The quantitative estimate of drug-likeness (QED) is 0.738. The van der Waals surface area contributed by atoms with Crippen LogP contribution in [0.25, 0.3) is 0 Å². The van der Waals surface area contributed by atoms with Gasteiger partial charge >= 0.3 is 0 Å². The summed E-state index contributed by atoms with van der Waals surface area (Å²) < 4.78 is 38.7. The van der Waals surface area contributed by atoms with E-state index in [1.807, 2.05) is 0 Å². The summed E-state index contributed by atoms with van der Waals surface area (Å²) in [4.78, 5) is 15.2. The lowest BCUT2D eigenvalue weighted by atomic mass is 10.1. The predicted molar refractivity (Wildman–Crippen MR) is 94.7 cm³/mol. The minimum atomic E-state index is -3.57. The number of primary amides is 1. The average molecular weight is 387 g/mol. The molecule has 0 aliphatic heterocycles. The van der Waals surface area contributed by atoms with Gasteiger partial charge in [0.2, 0.25) is 10.0 Å². The zero-order chi connectivity index (χ0) is 18.8. The summed E-state index contributed by atoms with van der Waals surface area (Å²) >= 11 is 5.81. The summed E-state index contributed by atoms with van der Waals surface area (Å²) in [5, 5.41) is 2.97. The van der Waals surface area contributed by atoms with Crippen LogP contribution < -0.4 is 15.4 Å². The molecule has 10 heteroatoms. The Bertz CT molecular complexity index is 921. The predicted octanol–water partition coefficient (Wildman–Crippen LogP) is 1.98. The second-order valence-electron chi connectivity index (χ2n) is 5.24. The number of hydrogen-bond donors (Lipinski definition) is 2.